The first-order valence-corrected chi connectivity index (χ1v) is 6.55. The molecule has 0 spiro atoms. The van der Waals surface area contributed by atoms with Gasteiger partial charge in [0.2, 0.25) is 5.89 Å². The molecule has 2 rings (SSSR count). The van der Waals surface area contributed by atoms with Crippen LogP contribution in [0.5, 0.6) is 0 Å². The van der Waals surface area contributed by atoms with E-state index in [0.29, 0.717) is 23.9 Å². The van der Waals surface area contributed by atoms with Crippen molar-refractivity contribution in [3.63, 3.8) is 0 Å². The van der Waals surface area contributed by atoms with Crippen molar-refractivity contribution in [2.75, 3.05) is 18.4 Å². The van der Waals surface area contributed by atoms with Crippen molar-refractivity contribution >= 4 is 6.01 Å². The average molecular weight is 238 g/mol. The Morgan fingerprint density at radius 1 is 1.29 bits per heavy atom. The zero-order chi connectivity index (χ0) is 12.1. The largest absolute Gasteiger partial charge is 0.407 e. The Kier molecular flexibility index (Phi) is 3.99. The first-order chi connectivity index (χ1) is 8.28. The van der Waals surface area contributed by atoms with Crippen molar-refractivity contribution in [1.29, 1.82) is 0 Å². The van der Waals surface area contributed by atoms with Gasteiger partial charge in [0.1, 0.15) is 0 Å². The summed E-state index contributed by atoms with van der Waals surface area (Å²) in [5.41, 5.74) is 0.495. The van der Waals surface area contributed by atoms with Crippen LogP contribution in [0.25, 0.3) is 0 Å². The van der Waals surface area contributed by atoms with Gasteiger partial charge in [0, 0.05) is 6.54 Å². The molecule has 1 saturated carbocycles. The van der Waals surface area contributed by atoms with E-state index in [4.69, 9.17) is 4.42 Å². The summed E-state index contributed by atoms with van der Waals surface area (Å²) < 4.78 is 5.50. The number of aromatic nitrogens is 2. The van der Waals surface area contributed by atoms with Gasteiger partial charge in [-0.15, -0.1) is 5.10 Å². The molecule has 2 N–H and O–H groups in total. The fraction of sp³-hybridized carbons (Fsp3) is 0.833. The zero-order valence-corrected chi connectivity index (χ0v) is 10.8. The van der Waals surface area contributed by atoms with Gasteiger partial charge in [-0.05, 0) is 37.6 Å². The standard InChI is InChI=1S/C12H22N4O/c1-3-7-13-8-10-15-16-11(17-10)14-9-12(4-2)5-6-12/h13H,3-9H2,1-2H3,(H,14,16). The van der Waals surface area contributed by atoms with E-state index >= 15 is 0 Å². The van der Waals surface area contributed by atoms with Gasteiger partial charge in [-0.2, -0.15) is 0 Å². The van der Waals surface area contributed by atoms with E-state index in [1.54, 1.807) is 0 Å². The molecule has 5 heteroatoms. The Hall–Kier alpha value is -1.10. The fourth-order valence-electron chi connectivity index (χ4n) is 1.86. The van der Waals surface area contributed by atoms with Gasteiger partial charge in [-0.1, -0.05) is 18.9 Å². The minimum atomic E-state index is 0.495. The van der Waals surface area contributed by atoms with Crippen molar-refractivity contribution in [1.82, 2.24) is 15.5 Å². The minimum Gasteiger partial charge on any atom is -0.407 e. The molecule has 1 aliphatic carbocycles. The van der Waals surface area contributed by atoms with E-state index < -0.39 is 0 Å². The van der Waals surface area contributed by atoms with Crippen LogP contribution in [-0.4, -0.2) is 23.3 Å². The summed E-state index contributed by atoms with van der Waals surface area (Å²) in [6.07, 6.45) is 4.96. The number of hydrogen-bond donors (Lipinski definition) is 2. The number of nitrogens with one attached hydrogen (secondary N) is 2. The lowest BCUT2D eigenvalue weighted by molar-refractivity contribution is 0.464. The van der Waals surface area contributed by atoms with Crippen molar-refractivity contribution < 1.29 is 4.42 Å². The predicted molar refractivity (Wildman–Crippen MR) is 66.7 cm³/mol. The van der Waals surface area contributed by atoms with Crippen LogP contribution in [0, 0.1) is 5.41 Å². The second-order valence-electron chi connectivity index (χ2n) is 4.88. The molecule has 1 aromatic rings. The minimum absolute atomic E-state index is 0.495. The molecular weight excluding hydrogens is 216 g/mol. The highest BCUT2D eigenvalue weighted by atomic mass is 16.4. The monoisotopic (exact) mass is 238 g/mol. The number of rotatable bonds is 8. The van der Waals surface area contributed by atoms with E-state index in [1.807, 2.05) is 0 Å². The lowest BCUT2D eigenvalue weighted by Crippen LogP contribution is -2.14. The summed E-state index contributed by atoms with van der Waals surface area (Å²) in [6, 6.07) is 0.554. The number of anilines is 1. The molecule has 0 amide bonds. The summed E-state index contributed by atoms with van der Waals surface area (Å²) in [4.78, 5) is 0. The lowest BCUT2D eigenvalue weighted by Gasteiger charge is -2.11. The van der Waals surface area contributed by atoms with Crippen molar-refractivity contribution in [3.8, 4) is 0 Å². The molecule has 1 heterocycles. The Balaban J connectivity index is 1.74. The summed E-state index contributed by atoms with van der Waals surface area (Å²) in [5.74, 6) is 0.655. The second kappa shape index (κ2) is 5.49. The van der Waals surface area contributed by atoms with Crippen LogP contribution in [0.3, 0.4) is 0 Å². The molecule has 0 bridgehead atoms. The third-order valence-corrected chi connectivity index (χ3v) is 3.49. The smallest absolute Gasteiger partial charge is 0.315 e. The third kappa shape index (κ3) is 3.43. The highest BCUT2D eigenvalue weighted by Crippen LogP contribution is 2.48. The quantitative estimate of drug-likeness (QED) is 0.680. The third-order valence-electron chi connectivity index (χ3n) is 3.49. The highest BCUT2D eigenvalue weighted by molar-refractivity contribution is 5.19. The highest BCUT2D eigenvalue weighted by Gasteiger charge is 2.40. The molecule has 1 fully saturated rings. The van der Waals surface area contributed by atoms with Crippen molar-refractivity contribution in [2.24, 2.45) is 5.41 Å². The maximum atomic E-state index is 5.50. The maximum Gasteiger partial charge on any atom is 0.315 e. The van der Waals surface area contributed by atoms with E-state index in [9.17, 15) is 0 Å². The number of hydrogen-bond acceptors (Lipinski definition) is 5. The summed E-state index contributed by atoms with van der Waals surface area (Å²) in [5, 5.41) is 14.5. The molecule has 1 aliphatic rings. The molecular formula is C12H22N4O. The van der Waals surface area contributed by atoms with E-state index in [2.05, 4.69) is 34.7 Å². The van der Waals surface area contributed by atoms with Crippen molar-refractivity contribution in [3.05, 3.63) is 5.89 Å². The van der Waals surface area contributed by atoms with Crippen LogP contribution >= 0.6 is 0 Å². The SMILES string of the molecule is CCCNCc1nnc(NCC2(CC)CC2)o1. The van der Waals surface area contributed by atoms with Gasteiger partial charge < -0.3 is 15.1 Å². The average Bonchev–Trinajstić information content (AvgIpc) is 3.00. The van der Waals surface area contributed by atoms with E-state index in [0.717, 1.165) is 19.5 Å². The van der Waals surface area contributed by atoms with Gasteiger partial charge in [-0.3, -0.25) is 0 Å². The molecule has 0 aliphatic heterocycles. The van der Waals surface area contributed by atoms with Crippen LogP contribution in [0.2, 0.25) is 0 Å². The molecule has 1 aromatic heterocycles. The van der Waals surface area contributed by atoms with Crippen LogP contribution in [-0.2, 0) is 6.54 Å². The van der Waals surface area contributed by atoms with Crippen LogP contribution < -0.4 is 10.6 Å². The Bertz CT molecular complexity index is 346. The normalized spacial score (nSPS) is 17.1. The van der Waals surface area contributed by atoms with Gasteiger partial charge in [0.25, 0.3) is 0 Å². The molecule has 17 heavy (non-hydrogen) atoms. The summed E-state index contributed by atoms with van der Waals surface area (Å²) >= 11 is 0. The molecule has 0 atom stereocenters. The zero-order valence-electron chi connectivity index (χ0n) is 10.8. The van der Waals surface area contributed by atoms with Gasteiger partial charge in [0.05, 0.1) is 6.54 Å². The molecule has 0 unspecified atom stereocenters. The Labute approximate surface area is 102 Å². The topological polar surface area (TPSA) is 63.0 Å². The molecule has 0 saturated heterocycles. The predicted octanol–water partition coefficient (Wildman–Crippen LogP) is 2.17. The molecule has 0 aromatic carbocycles. The number of nitrogens with zero attached hydrogens (tertiary/aromatic N) is 2. The Morgan fingerprint density at radius 3 is 2.76 bits per heavy atom. The first-order valence-electron chi connectivity index (χ1n) is 6.55. The van der Waals surface area contributed by atoms with E-state index in [-0.39, 0.29) is 0 Å². The van der Waals surface area contributed by atoms with Crippen molar-refractivity contribution in [2.45, 2.75) is 46.1 Å². The fourth-order valence-corrected chi connectivity index (χ4v) is 1.86. The van der Waals surface area contributed by atoms with Crippen LogP contribution in [0.15, 0.2) is 4.42 Å². The lowest BCUT2D eigenvalue weighted by atomic mass is 10.0. The van der Waals surface area contributed by atoms with Gasteiger partial charge in [-0.25, -0.2) is 0 Å². The summed E-state index contributed by atoms with van der Waals surface area (Å²) in [7, 11) is 0. The van der Waals surface area contributed by atoms with Gasteiger partial charge in [0.15, 0.2) is 0 Å². The Morgan fingerprint density at radius 2 is 2.12 bits per heavy atom. The van der Waals surface area contributed by atoms with Crippen LogP contribution in [0.4, 0.5) is 6.01 Å². The molecule has 96 valence electrons. The molecule has 0 radical (unpaired) electrons. The van der Waals surface area contributed by atoms with Crippen LogP contribution in [0.1, 0.15) is 45.4 Å². The molecule has 5 nitrogen and oxygen atoms in total. The first kappa shape index (κ1) is 12.4. The second-order valence-corrected chi connectivity index (χ2v) is 4.88. The summed E-state index contributed by atoms with van der Waals surface area (Å²) in [6.45, 7) is 6.95. The maximum absolute atomic E-state index is 5.50. The van der Waals surface area contributed by atoms with Gasteiger partial charge >= 0.3 is 6.01 Å². The van der Waals surface area contributed by atoms with E-state index in [1.165, 1.54) is 19.3 Å².